The lowest BCUT2D eigenvalue weighted by molar-refractivity contribution is -0.107. The SMILES string of the molecule is CC.CC1C=C(C=O)OC1. The van der Waals surface area contributed by atoms with E-state index in [2.05, 4.69) is 0 Å². The molecule has 0 spiro atoms. The highest BCUT2D eigenvalue weighted by molar-refractivity contribution is 5.70. The minimum atomic E-state index is 0.412. The molecule has 0 radical (unpaired) electrons. The Morgan fingerprint density at radius 3 is 2.50 bits per heavy atom. The van der Waals surface area contributed by atoms with Gasteiger partial charge in [0.05, 0.1) is 6.61 Å². The van der Waals surface area contributed by atoms with E-state index < -0.39 is 0 Å². The summed E-state index contributed by atoms with van der Waals surface area (Å²) < 4.78 is 4.91. The van der Waals surface area contributed by atoms with Crippen molar-refractivity contribution >= 4 is 6.29 Å². The van der Waals surface area contributed by atoms with E-state index in [4.69, 9.17) is 4.74 Å². The van der Waals surface area contributed by atoms with Crippen LogP contribution in [0.25, 0.3) is 0 Å². The van der Waals surface area contributed by atoms with E-state index in [1.807, 2.05) is 26.8 Å². The second-order valence-electron chi connectivity index (χ2n) is 1.98. The molecule has 0 bridgehead atoms. The van der Waals surface area contributed by atoms with E-state index in [9.17, 15) is 4.79 Å². The maximum Gasteiger partial charge on any atom is 0.184 e. The van der Waals surface area contributed by atoms with Crippen LogP contribution in [0.3, 0.4) is 0 Å². The van der Waals surface area contributed by atoms with Gasteiger partial charge in [0.15, 0.2) is 12.0 Å². The molecule has 58 valence electrons. The van der Waals surface area contributed by atoms with Crippen molar-refractivity contribution in [3.8, 4) is 0 Å². The molecule has 0 amide bonds. The molecule has 1 unspecified atom stereocenters. The van der Waals surface area contributed by atoms with Crippen molar-refractivity contribution in [1.82, 2.24) is 0 Å². The lowest BCUT2D eigenvalue weighted by Gasteiger charge is -1.92. The molecular formula is C8H14O2. The van der Waals surface area contributed by atoms with Gasteiger partial charge >= 0.3 is 0 Å². The third-order valence-electron chi connectivity index (χ3n) is 1.08. The number of aldehydes is 1. The Balaban J connectivity index is 0.000000371. The van der Waals surface area contributed by atoms with Gasteiger partial charge in [-0.15, -0.1) is 0 Å². The van der Waals surface area contributed by atoms with Crippen LogP contribution >= 0.6 is 0 Å². The Morgan fingerprint density at radius 1 is 1.70 bits per heavy atom. The number of hydrogen-bond donors (Lipinski definition) is 0. The summed E-state index contributed by atoms with van der Waals surface area (Å²) in [7, 11) is 0. The zero-order chi connectivity index (χ0) is 7.98. The predicted octanol–water partition coefficient (Wildman–Crippen LogP) is 1.76. The normalized spacial score (nSPS) is 21.9. The van der Waals surface area contributed by atoms with Gasteiger partial charge in [0.25, 0.3) is 0 Å². The zero-order valence-electron chi connectivity index (χ0n) is 6.76. The maximum atomic E-state index is 9.96. The molecule has 1 aliphatic rings. The average Bonchev–Trinajstić information content (AvgIpc) is 2.40. The van der Waals surface area contributed by atoms with Gasteiger partial charge in [-0.3, -0.25) is 4.79 Å². The Labute approximate surface area is 61.9 Å². The standard InChI is InChI=1S/C6H8O2.C2H6/c1-5-2-6(3-7)8-4-5;1-2/h2-3,5H,4H2,1H3;1-2H3. The number of hydrogen-bond acceptors (Lipinski definition) is 2. The molecular weight excluding hydrogens is 128 g/mol. The van der Waals surface area contributed by atoms with Crippen LogP contribution in [0.2, 0.25) is 0 Å². The van der Waals surface area contributed by atoms with Gasteiger partial charge in [-0.1, -0.05) is 20.8 Å². The number of carbonyl (C=O) groups is 1. The van der Waals surface area contributed by atoms with Crippen molar-refractivity contribution in [1.29, 1.82) is 0 Å². The largest absolute Gasteiger partial charge is 0.490 e. The summed E-state index contributed by atoms with van der Waals surface area (Å²) >= 11 is 0. The molecule has 1 atom stereocenters. The third-order valence-corrected chi connectivity index (χ3v) is 1.08. The lowest BCUT2D eigenvalue weighted by atomic mass is 10.2. The van der Waals surface area contributed by atoms with E-state index in [-0.39, 0.29) is 0 Å². The second-order valence-corrected chi connectivity index (χ2v) is 1.98. The van der Waals surface area contributed by atoms with Crippen LogP contribution in [0, 0.1) is 5.92 Å². The average molecular weight is 142 g/mol. The molecule has 0 aromatic carbocycles. The Bertz CT molecular complexity index is 127. The first kappa shape index (κ1) is 9.21. The molecule has 1 heterocycles. The van der Waals surface area contributed by atoms with Crippen LogP contribution in [0.4, 0.5) is 0 Å². The fourth-order valence-corrected chi connectivity index (χ4v) is 0.678. The van der Waals surface area contributed by atoms with Gasteiger partial charge in [0.1, 0.15) is 0 Å². The fraction of sp³-hybridized carbons (Fsp3) is 0.625. The van der Waals surface area contributed by atoms with Crippen LogP contribution < -0.4 is 0 Å². The van der Waals surface area contributed by atoms with Crippen LogP contribution in [-0.4, -0.2) is 12.9 Å². The molecule has 0 aliphatic carbocycles. The van der Waals surface area contributed by atoms with Crippen molar-refractivity contribution in [2.24, 2.45) is 5.92 Å². The summed E-state index contributed by atoms with van der Waals surface area (Å²) in [6.45, 7) is 6.67. The molecule has 0 N–H and O–H groups in total. The summed E-state index contributed by atoms with van der Waals surface area (Å²) in [4.78, 5) is 9.96. The third kappa shape index (κ3) is 2.67. The minimum absolute atomic E-state index is 0.412. The summed E-state index contributed by atoms with van der Waals surface area (Å²) in [6, 6.07) is 0. The van der Waals surface area contributed by atoms with E-state index in [0.717, 1.165) is 6.29 Å². The first-order chi connectivity index (χ1) is 4.83. The summed E-state index contributed by atoms with van der Waals surface area (Å²) in [6.07, 6.45) is 2.57. The molecule has 2 heteroatoms. The lowest BCUT2D eigenvalue weighted by Crippen LogP contribution is -1.90. The van der Waals surface area contributed by atoms with E-state index in [1.54, 1.807) is 0 Å². The van der Waals surface area contributed by atoms with Gasteiger partial charge in [-0.25, -0.2) is 0 Å². The van der Waals surface area contributed by atoms with Crippen molar-refractivity contribution in [3.05, 3.63) is 11.8 Å². The minimum Gasteiger partial charge on any atom is -0.490 e. The predicted molar refractivity (Wildman–Crippen MR) is 40.6 cm³/mol. The monoisotopic (exact) mass is 142 g/mol. The van der Waals surface area contributed by atoms with Crippen LogP contribution in [0.1, 0.15) is 20.8 Å². The van der Waals surface area contributed by atoms with Crippen LogP contribution in [0.15, 0.2) is 11.8 Å². The summed E-state index contributed by atoms with van der Waals surface area (Å²) in [5, 5.41) is 0. The molecule has 2 nitrogen and oxygen atoms in total. The molecule has 0 saturated heterocycles. The molecule has 10 heavy (non-hydrogen) atoms. The van der Waals surface area contributed by atoms with Crippen molar-refractivity contribution in [2.75, 3.05) is 6.61 Å². The van der Waals surface area contributed by atoms with Crippen molar-refractivity contribution < 1.29 is 9.53 Å². The molecule has 0 fully saturated rings. The highest BCUT2D eigenvalue weighted by Gasteiger charge is 2.10. The van der Waals surface area contributed by atoms with Gasteiger partial charge in [-0.05, 0) is 6.08 Å². The fourth-order valence-electron chi connectivity index (χ4n) is 0.678. The van der Waals surface area contributed by atoms with Gasteiger partial charge < -0.3 is 4.74 Å². The van der Waals surface area contributed by atoms with E-state index in [0.29, 0.717) is 18.3 Å². The molecule has 0 aromatic heterocycles. The van der Waals surface area contributed by atoms with E-state index in [1.165, 1.54) is 0 Å². The zero-order valence-corrected chi connectivity index (χ0v) is 6.76. The number of ether oxygens (including phenoxy) is 1. The Kier molecular flexibility index (Phi) is 4.63. The second kappa shape index (κ2) is 5.03. The molecule has 0 saturated carbocycles. The summed E-state index contributed by atoms with van der Waals surface area (Å²) in [5.74, 6) is 0.896. The molecule has 1 rings (SSSR count). The smallest absolute Gasteiger partial charge is 0.184 e. The van der Waals surface area contributed by atoms with Gasteiger partial charge in [0, 0.05) is 5.92 Å². The topological polar surface area (TPSA) is 26.3 Å². The first-order valence-electron chi connectivity index (χ1n) is 3.62. The van der Waals surface area contributed by atoms with Crippen LogP contribution in [0.5, 0.6) is 0 Å². The summed E-state index contributed by atoms with van der Waals surface area (Å²) in [5.41, 5.74) is 0. The van der Waals surface area contributed by atoms with Gasteiger partial charge in [0.2, 0.25) is 0 Å². The molecule has 0 aromatic rings. The number of carbonyl (C=O) groups excluding carboxylic acids is 1. The molecule has 1 aliphatic heterocycles. The van der Waals surface area contributed by atoms with Crippen LogP contribution in [-0.2, 0) is 9.53 Å². The maximum absolute atomic E-state index is 9.96. The Morgan fingerprint density at radius 2 is 2.30 bits per heavy atom. The highest BCUT2D eigenvalue weighted by Crippen LogP contribution is 2.12. The quantitative estimate of drug-likeness (QED) is 0.521. The number of allylic oxidation sites excluding steroid dienone is 1. The Hall–Kier alpha value is -0.790. The first-order valence-corrected chi connectivity index (χ1v) is 3.62. The highest BCUT2D eigenvalue weighted by atomic mass is 16.5. The van der Waals surface area contributed by atoms with Gasteiger partial charge in [-0.2, -0.15) is 0 Å². The van der Waals surface area contributed by atoms with Crippen molar-refractivity contribution in [3.63, 3.8) is 0 Å². The van der Waals surface area contributed by atoms with E-state index >= 15 is 0 Å². The number of rotatable bonds is 1. The van der Waals surface area contributed by atoms with Crippen molar-refractivity contribution in [2.45, 2.75) is 20.8 Å².